The first-order chi connectivity index (χ1) is 15.0. The molecule has 0 saturated carbocycles. The third-order valence-electron chi connectivity index (χ3n) is 5.03. The fraction of sp³-hybridized carbons (Fsp3) is 0. The summed E-state index contributed by atoms with van der Waals surface area (Å²) >= 11 is 0. The van der Waals surface area contributed by atoms with Gasteiger partial charge in [0.2, 0.25) is 0 Å². The maximum absolute atomic E-state index is 11.9. The van der Waals surface area contributed by atoms with Gasteiger partial charge in [-0.3, -0.25) is 4.55 Å². The first-order valence-corrected chi connectivity index (χ1v) is 11.0. The van der Waals surface area contributed by atoms with Gasteiger partial charge in [-0.2, -0.15) is 13.2 Å². The summed E-state index contributed by atoms with van der Waals surface area (Å²) in [6.45, 7) is 0. The van der Waals surface area contributed by atoms with E-state index in [2.05, 4.69) is 10.2 Å². The summed E-state index contributed by atoms with van der Waals surface area (Å²) in [4.78, 5) is 1.40. The largest absolute Gasteiger partial charge is 0.295 e. The topological polar surface area (TPSA) is 85.1 Å². The van der Waals surface area contributed by atoms with E-state index in [4.69, 9.17) is 0 Å². The third kappa shape index (κ3) is 3.72. The van der Waals surface area contributed by atoms with Crippen molar-refractivity contribution in [3.05, 3.63) is 102 Å². The Bertz CT molecular complexity index is 1540. The van der Waals surface area contributed by atoms with Gasteiger partial charge in [0.05, 0.1) is 5.69 Å². The molecule has 152 valence electrons. The molecule has 0 aliphatic carbocycles. The number of rotatable bonds is 4. The van der Waals surface area contributed by atoms with E-state index in [0.29, 0.717) is 11.1 Å². The van der Waals surface area contributed by atoms with Gasteiger partial charge in [0.25, 0.3) is 10.1 Å². The molecule has 4 aromatic carbocycles. The molecule has 0 radical (unpaired) electrons. The lowest BCUT2D eigenvalue weighted by atomic mass is 10.1. The van der Waals surface area contributed by atoms with Gasteiger partial charge in [-0.15, -0.1) is 10.2 Å². The lowest BCUT2D eigenvalue weighted by Crippen LogP contribution is -2.01. The van der Waals surface area contributed by atoms with Gasteiger partial charge in [0.1, 0.15) is 15.9 Å². The summed E-state index contributed by atoms with van der Waals surface area (Å²) in [5.74, 6) is 0. The molecule has 0 spiro atoms. The molecule has 1 N–H and O–H groups in total. The molecular weight excluding hydrogens is 410 g/mol. The van der Waals surface area contributed by atoms with Gasteiger partial charge in [-0.05, 0) is 40.8 Å². The molecule has 0 fully saturated rings. The summed E-state index contributed by atoms with van der Waals surface area (Å²) in [6, 6.07) is 27.6. The van der Waals surface area contributed by atoms with Crippen LogP contribution in [0, 0.1) is 0 Å². The number of aromatic nitrogens is 3. The Morgan fingerprint density at radius 2 is 1.52 bits per heavy atom. The number of hydrogen-bond acceptors (Lipinski definition) is 4. The first-order valence-electron chi connectivity index (χ1n) is 9.59. The fourth-order valence-corrected chi connectivity index (χ4v) is 4.25. The van der Waals surface area contributed by atoms with Gasteiger partial charge < -0.3 is 0 Å². The van der Waals surface area contributed by atoms with Gasteiger partial charge >= 0.3 is 0 Å². The number of nitrogens with zero attached hydrogens (tertiary/aromatic N) is 3. The van der Waals surface area contributed by atoms with Crippen molar-refractivity contribution in [2.45, 2.75) is 0 Å². The Morgan fingerprint density at radius 1 is 0.806 bits per heavy atom. The lowest BCUT2D eigenvalue weighted by Gasteiger charge is -2.05. The zero-order valence-electron chi connectivity index (χ0n) is 16.3. The predicted molar refractivity (Wildman–Crippen MR) is 122 cm³/mol. The van der Waals surface area contributed by atoms with E-state index in [0.717, 1.165) is 27.5 Å². The number of hydrogen-bond donors (Lipinski definition) is 1. The Hall–Kier alpha value is -3.81. The Labute approximate surface area is 178 Å². The number of fused-ring (bicyclic) bond motifs is 3. The van der Waals surface area contributed by atoms with Crippen molar-refractivity contribution in [3.63, 3.8) is 0 Å². The minimum absolute atomic E-state index is 0.157. The smallest absolute Gasteiger partial charge is 0.282 e. The highest BCUT2D eigenvalue weighted by atomic mass is 32.2. The van der Waals surface area contributed by atoms with Crippen molar-refractivity contribution >= 4 is 42.9 Å². The molecule has 0 aliphatic rings. The zero-order valence-corrected chi connectivity index (χ0v) is 17.1. The molecule has 0 saturated heterocycles. The second kappa shape index (κ2) is 7.46. The molecule has 5 rings (SSSR count). The molecule has 1 heterocycles. The lowest BCUT2D eigenvalue weighted by molar-refractivity contribution is 0.496. The Kier molecular flexibility index (Phi) is 4.62. The van der Waals surface area contributed by atoms with Crippen LogP contribution in [-0.2, 0) is 10.1 Å². The summed E-state index contributed by atoms with van der Waals surface area (Å²) in [6.07, 6.45) is 1.44. The van der Waals surface area contributed by atoms with E-state index in [9.17, 15) is 13.0 Å². The standard InChI is InChI=1S/C24H17N3O3S/c28-31(29,30)23(19-7-2-1-3-8-19)16-17-10-13-20(14-11-17)27-25-22-15-12-18-6-4-5-9-21(18)24(22)26-27/h1-16H,(H,28,29,30). The average Bonchev–Trinajstić information content (AvgIpc) is 3.23. The normalized spacial score (nSPS) is 12.5. The Balaban J connectivity index is 1.54. The maximum atomic E-state index is 11.9. The first kappa shape index (κ1) is 19.2. The van der Waals surface area contributed by atoms with Crippen molar-refractivity contribution in [1.29, 1.82) is 0 Å². The van der Waals surface area contributed by atoms with Crippen molar-refractivity contribution in [2.75, 3.05) is 0 Å². The van der Waals surface area contributed by atoms with E-state index in [1.807, 2.05) is 36.4 Å². The Morgan fingerprint density at radius 3 is 2.26 bits per heavy atom. The predicted octanol–water partition coefficient (Wildman–Crippen LogP) is 4.96. The quantitative estimate of drug-likeness (QED) is 0.324. The van der Waals surface area contributed by atoms with Crippen LogP contribution in [0.5, 0.6) is 0 Å². The summed E-state index contributed by atoms with van der Waals surface area (Å²) in [5.41, 5.74) is 3.40. The van der Waals surface area contributed by atoms with Crippen molar-refractivity contribution in [2.24, 2.45) is 0 Å². The van der Waals surface area contributed by atoms with Crippen LogP contribution >= 0.6 is 0 Å². The summed E-state index contributed by atoms with van der Waals surface area (Å²) in [5, 5.41) is 11.3. The average molecular weight is 427 g/mol. The molecule has 0 amide bonds. The minimum atomic E-state index is -4.39. The molecular formula is C24H17N3O3S. The van der Waals surface area contributed by atoms with Crippen molar-refractivity contribution in [1.82, 2.24) is 15.0 Å². The molecule has 31 heavy (non-hydrogen) atoms. The highest BCUT2D eigenvalue weighted by Crippen LogP contribution is 2.25. The van der Waals surface area contributed by atoms with Crippen LogP contribution in [0.1, 0.15) is 11.1 Å². The van der Waals surface area contributed by atoms with Crippen LogP contribution in [0.3, 0.4) is 0 Å². The third-order valence-corrected chi connectivity index (χ3v) is 5.94. The van der Waals surface area contributed by atoms with Crippen LogP contribution in [0.4, 0.5) is 0 Å². The van der Waals surface area contributed by atoms with Gasteiger partial charge in [0, 0.05) is 5.39 Å². The molecule has 0 unspecified atom stereocenters. The van der Waals surface area contributed by atoms with E-state index in [1.54, 1.807) is 59.4 Å². The van der Waals surface area contributed by atoms with Crippen molar-refractivity contribution < 1.29 is 13.0 Å². The highest BCUT2D eigenvalue weighted by Gasteiger charge is 2.16. The minimum Gasteiger partial charge on any atom is -0.282 e. The SMILES string of the molecule is O=S(=O)(O)C(=Cc1ccc(-n2nc3ccc4ccccc4c3n2)cc1)c1ccccc1. The summed E-state index contributed by atoms with van der Waals surface area (Å²) in [7, 11) is -4.39. The molecule has 0 aliphatic heterocycles. The van der Waals surface area contributed by atoms with Crippen LogP contribution in [0.2, 0.25) is 0 Å². The molecule has 1 aromatic heterocycles. The van der Waals surface area contributed by atoms with Crippen molar-refractivity contribution in [3.8, 4) is 5.69 Å². The van der Waals surface area contributed by atoms with Crippen LogP contribution in [-0.4, -0.2) is 28.0 Å². The zero-order chi connectivity index (χ0) is 21.4. The maximum Gasteiger partial charge on any atom is 0.295 e. The second-order valence-corrected chi connectivity index (χ2v) is 8.48. The van der Waals surface area contributed by atoms with Gasteiger partial charge in [-0.1, -0.05) is 72.8 Å². The summed E-state index contributed by atoms with van der Waals surface area (Å²) < 4.78 is 33.5. The van der Waals surface area contributed by atoms with Crippen LogP contribution < -0.4 is 0 Å². The van der Waals surface area contributed by atoms with E-state index in [-0.39, 0.29) is 4.91 Å². The second-order valence-electron chi connectivity index (χ2n) is 7.09. The molecule has 0 atom stereocenters. The number of benzene rings is 4. The van der Waals surface area contributed by atoms with Crippen LogP contribution in [0.25, 0.3) is 38.5 Å². The molecule has 6 nitrogen and oxygen atoms in total. The van der Waals surface area contributed by atoms with E-state index >= 15 is 0 Å². The van der Waals surface area contributed by atoms with E-state index < -0.39 is 10.1 Å². The van der Waals surface area contributed by atoms with Gasteiger partial charge in [-0.25, -0.2) is 0 Å². The van der Waals surface area contributed by atoms with Crippen LogP contribution in [0.15, 0.2) is 91.0 Å². The molecule has 5 aromatic rings. The monoisotopic (exact) mass is 427 g/mol. The van der Waals surface area contributed by atoms with Gasteiger partial charge in [0.15, 0.2) is 0 Å². The van der Waals surface area contributed by atoms with E-state index in [1.165, 1.54) is 6.08 Å². The highest BCUT2D eigenvalue weighted by molar-refractivity contribution is 7.95. The molecule has 0 bridgehead atoms. The fourth-order valence-electron chi connectivity index (χ4n) is 3.53. The molecule has 7 heteroatoms.